The predicted molar refractivity (Wildman–Crippen MR) is 72.7 cm³/mol. The third-order valence-electron chi connectivity index (χ3n) is 3.07. The van der Waals surface area contributed by atoms with Gasteiger partial charge in [-0.1, -0.05) is 11.6 Å². The molecule has 1 aliphatic carbocycles. The molecule has 0 saturated heterocycles. The van der Waals surface area contributed by atoms with Gasteiger partial charge in [0, 0.05) is 11.6 Å². The van der Waals surface area contributed by atoms with Crippen LogP contribution in [-0.4, -0.2) is 32.2 Å². The summed E-state index contributed by atoms with van der Waals surface area (Å²) in [6, 6.07) is 5.94. The Hall–Kier alpha value is -1.11. The first-order chi connectivity index (χ1) is 8.83. The van der Waals surface area contributed by atoms with E-state index in [1.54, 1.807) is 0 Å². The van der Waals surface area contributed by atoms with E-state index in [0.29, 0.717) is 17.9 Å². The van der Waals surface area contributed by atoms with Crippen LogP contribution in [-0.2, 0) is 14.6 Å². The lowest BCUT2D eigenvalue weighted by Gasteiger charge is -2.10. The molecule has 104 valence electrons. The van der Waals surface area contributed by atoms with Gasteiger partial charge in [-0.05, 0) is 37.1 Å². The number of benzene rings is 1. The topological polar surface area (TPSA) is 89.3 Å². The number of amides is 1. The number of hydrogen-bond acceptors (Lipinski definition) is 4. The smallest absolute Gasteiger partial charge is 0.240 e. The van der Waals surface area contributed by atoms with Crippen molar-refractivity contribution in [2.75, 3.05) is 12.3 Å². The lowest BCUT2D eigenvalue weighted by molar-refractivity contribution is -0.123. The largest absolute Gasteiger partial charge is 0.353 e. The van der Waals surface area contributed by atoms with Crippen LogP contribution in [0.5, 0.6) is 0 Å². The highest BCUT2D eigenvalue weighted by Crippen LogP contribution is 2.31. The van der Waals surface area contributed by atoms with Gasteiger partial charge in [0.25, 0.3) is 0 Å². The molecule has 19 heavy (non-hydrogen) atoms. The van der Waals surface area contributed by atoms with Crippen LogP contribution >= 0.6 is 11.6 Å². The van der Waals surface area contributed by atoms with Gasteiger partial charge >= 0.3 is 0 Å². The summed E-state index contributed by atoms with van der Waals surface area (Å²) in [6.45, 7) is 0.0583. The highest BCUT2D eigenvalue weighted by Gasteiger charge is 2.45. The first kappa shape index (κ1) is 14.3. The molecule has 1 amide bonds. The number of hydrogen-bond donors (Lipinski definition) is 2. The number of carbonyl (C=O) groups excluding carboxylic acids is 1. The third kappa shape index (κ3) is 3.46. The van der Waals surface area contributed by atoms with Gasteiger partial charge in [-0.25, -0.2) is 8.42 Å². The van der Waals surface area contributed by atoms with Gasteiger partial charge in [0.2, 0.25) is 5.91 Å². The molecule has 0 aromatic heterocycles. The van der Waals surface area contributed by atoms with Crippen molar-refractivity contribution in [1.29, 1.82) is 0 Å². The highest BCUT2D eigenvalue weighted by molar-refractivity contribution is 7.91. The molecule has 0 aliphatic heterocycles. The van der Waals surface area contributed by atoms with Crippen molar-refractivity contribution in [1.82, 2.24) is 5.32 Å². The average molecular weight is 303 g/mol. The maximum absolute atomic E-state index is 12.0. The average Bonchev–Trinajstić information content (AvgIpc) is 3.09. The van der Waals surface area contributed by atoms with E-state index < -0.39 is 15.4 Å². The van der Waals surface area contributed by atoms with Gasteiger partial charge in [-0.2, -0.15) is 0 Å². The summed E-state index contributed by atoms with van der Waals surface area (Å²) in [4.78, 5) is 11.7. The highest BCUT2D eigenvalue weighted by atomic mass is 35.5. The number of carbonyl (C=O) groups is 1. The number of halogens is 1. The second kappa shape index (κ2) is 5.11. The van der Waals surface area contributed by atoms with Crippen molar-refractivity contribution < 1.29 is 13.2 Å². The summed E-state index contributed by atoms with van der Waals surface area (Å²) in [6.07, 6.45) is 1.31. The van der Waals surface area contributed by atoms with Crippen molar-refractivity contribution in [3.05, 3.63) is 29.3 Å². The minimum atomic E-state index is -3.41. The molecule has 0 unspecified atom stereocenters. The Kier molecular flexibility index (Phi) is 3.85. The van der Waals surface area contributed by atoms with E-state index >= 15 is 0 Å². The summed E-state index contributed by atoms with van der Waals surface area (Å²) in [5.41, 5.74) is 4.92. The Morgan fingerprint density at radius 2 is 1.89 bits per heavy atom. The van der Waals surface area contributed by atoms with Crippen LogP contribution in [0.4, 0.5) is 0 Å². The lowest BCUT2D eigenvalue weighted by atomic mass is 10.3. The summed E-state index contributed by atoms with van der Waals surface area (Å²) in [7, 11) is -3.41. The van der Waals surface area contributed by atoms with Crippen LogP contribution in [0.3, 0.4) is 0 Å². The number of nitrogens with one attached hydrogen (secondary N) is 1. The standard InChI is InChI=1S/C12H15ClN2O3S/c13-9-1-3-10(4-2-9)19(17,18)8-7-15-11(16)12(14)5-6-12/h1-4H,5-8,14H2,(H,15,16). The molecule has 0 bridgehead atoms. The minimum Gasteiger partial charge on any atom is -0.353 e. The molecular formula is C12H15ClN2O3S. The van der Waals surface area contributed by atoms with Gasteiger partial charge in [0.1, 0.15) is 0 Å². The zero-order chi connectivity index (χ0) is 14.1. The Labute approximate surface area is 117 Å². The molecule has 1 saturated carbocycles. The van der Waals surface area contributed by atoms with Crippen molar-refractivity contribution in [3.63, 3.8) is 0 Å². The molecule has 1 aromatic carbocycles. The Morgan fingerprint density at radius 3 is 2.42 bits per heavy atom. The molecule has 3 N–H and O–H groups in total. The van der Waals surface area contributed by atoms with Crippen LogP contribution in [0, 0.1) is 0 Å². The summed E-state index contributed by atoms with van der Waals surface area (Å²) in [5, 5.41) is 3.03. The molecule has 0 heterocycles. The van der Waals surface area contributed by atoms with Crippen LogP contribution < -0.4 is 11.1 Å². The molecular weight excluding hydrogens is 288 g/mol. The number of nitrogens with two attached hydrogens (primary N) is 1. The SMILES string of the molecule is NC1(C(=O)NCCS(=O)(=O)c2ccc(Cl)cc2)CC1. The molecule has 1 aromatic rings. The maximum Gasteiger partial charge on any atom is 0.240 e. The minimum absolute atomic E-state index is 0.0583. The predicted octanol–water partition coefficient (Wildman–Crippen LogP) is 0.721. The van der Waals surface area contributed by atoms with Gasteiger partial charge < -0.3 is 11.1 Å². The van der Waals surface area contributed by atoms with E-state index in [2.05, 4.69) is 5.32 Å². The maximum atomic E-state index is 12.0. The molecule has 0 atom stereocenters. The molecule has 0 spiro atoms. The van der Waals surface area contributed by atoms with Crippen molar-refractivity contribution >= 4 is 27.3 Å². The van der Waals surface area contributed by atoms with E-state index in [9.17, 15) is 13.2 Å². The fourth-order valence-electron chi connectivity index (χ4n) is 1.60. The monoisotopic (exact) mass is 302 g/mol. The van der Waals surface area contributed by atoms with E-state index in [4.69, 9.17) is 17.3 Å². The second-order valence-electron chi connectivity index (χ2n) is 4.68. The zero-order valence-corrected chi connectivity index (χ0v) is 11.8. The lowest BCUT2D eigenvalue weighted by Crippen LogP contribution is -2.44. The van der Waals surface area contributed by atoms with Crippen molar-refractivity contribution in [2.45, 2.75) is 23.3 Å². The molecule has 1 fully saturated rings. The van der Waals surface area contributed by atoms with Gasteiger partial charge in [-0.3, -0.25) is 4.79 Å². The second-order valence-corrected chi connectivity index (χ2v) is 7.23. The van der Waals surface area contributed by atoms with Crippen LogP contribution in [0.1, 0.15) is 12.8 Å². The number of rotatable bonds is 5. The fraction of sp³-hybridized carbons (Fsp3) is 0.417. The molecule has 7 heteroatoms. The summed E-state index contributed by atoms with van der Waals surface area (Å²) < 4.78 is 23.9. The molecule has 0 radical (unpaired) electrons. The summed E-state index contributed by atoms with van der Waals surface area (Å²) in [5.74, 6) is -0.435. The Balaban J connectivity index is 1.91. The van der Waals surface area contributed by atoms with Crippen LogP contribution in [0.25, 0.3) is 0 Å². The van der Waals surface area contributed by atoms with E-state index in [-0.39, 0.29) is 23.1 Å². The fourth-order valence-corrected chi connectivity index (χ4v) is 2.88. The van der Waals surface area contributed by atoms with Gasteiger partial charge in [0.15, 0.2) is 9.84 Å². The zero-order valence-electron chi connectivity index (χ0n) is 10.2. The van der Waals surface area contributed by atoms with Gasteiger partial charge in [0.05, 0.1) is 16.2 Å². The van der Waals surface area contributed by atoms with Gasteiger partial charge in [-0.15, -0.1) is 0 Å². The normalized spacial score (nSPS) is 16.9. The molecule has 1 aliphatic rings. The molecule has 5 nitrogen and oxygen atoms in total. The third-order valence-corrected chi connectivity index (χ3v) is 5.05. The Morgan fingerprint density at radius 1 is 1.32 bits per heavy atom. The van der Waals surface area contributed by atoms with Crippen LogP contribution in [0.2, 0.25) is 5.02 Å². The first-order valence-electron chi connectivity index (χ1n) is 5.89. The van der Waals surface area contributed by atoms with E-state index in [0.717, 1.165) is 0 Å². The van der Waals surface area contributed by atoms with E-state index in [1.165, 1.54) is 24.3 Å². The van der Waals surface area contributed by atoms with E-state index in [1.807, 2.05) is 0 Å². The Bertz CT molecular complexity index is 579. The summed E-state index contributed by atoms with van der Waals surface area (Å²) >= 11 is 5.70. The quantitative estimate of drug-likeness (QED) is 0.839. The van der Waals surface area contributed by atoms with Crippen LogP contribution in [0.15, 0.2) is 29.2 Å². The molecule has 2 rings (SSSR count). The van der Waals surface area contributed by atoms with Crippen molar-refractivity contribution in [3.8, 4) is 0 Å². The first-order valence-corrected chi connectivity index (χ1v) is 7.92. The number of sulfone groups is 1. The van der Waals surface area contributed by atoms with Crippen molar-refractivity contribution in [2.24, 2.45) is 5.73 Å².